The number of hydrogen-bond donors (Lipinski definition) is 1. The van der Waals surface area contributed by atoms with Crippen LogP contribution in [0.15, 0.2) is 17.8 Å². The normalized spacial score (nSPS) is 13.3. The van der Waals surface area contributed by atoms with Gasteiger partial charge < -0.3 is 5.73 Å². The Kier molecular flexibility index (Phi) is 2.35. The van der Waals surface area contributed by atoms with Crippen LogP contribution in [0.3, 0.4) is 0 Å². The minimum absolute atomic E-state index is 0.0238. The summed E-state index contributed by atoms with van der Waals surface area (Å²) in [5.41, 5.74) is 6.26. The molecule has 0 bridgehead atoms. The first-order valence-corrected chi connectivity index (χ1v) is 5.24. The molecule has 2 N–H and O–H groups in total. The highest BCUT2D eigenvalue weighted by Crippen LogP contribution is 2.11. The monoisotopic (exact) mass is 209 g/mol. The van der Waals surface area contributed by atoms with E-state index in [2.05, 4.69) is 4.98 Å². The van der Waals surface area contributed by atoms with Crippen LogP contribution in [0.25, 0.3) is 4.96 Å². The molecular weight excluding hydrogens is 198 g/mol. The molecule has 4 nitrogen and oxygen atoms in total. The zero-order chi connectivity index (χ0) is 10.1. The summed E-state index contributed by atoms with van der Waals surface area (Å²) in [6.45, 7) is 1.70. The van der Waals surface area contributed by atoms with E-state index in [0.29, 0.717) is 6.42 Å². The molecule has 2 aromatic heterocycles. The van der Waals surface area contributed by atoms with Crippen molar-refractivity contribution in [2.24, 2.45) is 5.73 Å². The highest BCUT2D eigenvalue weighted by molar-refractivity contribution is 7.15. The van der Waals surface area contributed by atoms with Crippen LogP contribution in [0.2, 0.25) is 0 Å². The van der Waals surface area contributed by atoms with Crippen molar-refractivity contribution in [3.8, 4) is 0 Å². The van der Waals surface area contributed by atoms with Gasteiger partial charge in [0.05, 0.1) is 18.2 Å². The van der Waals surface area contributed by atoms with Crippen LogP contribution in [-0.4, -0.2) is 21.2 Å². The molecular formula is C9H11N3OS. The van der Waals surface area contributed by atoms with Gasteiger partial charge in [-0.15, -0.1) is 11.3 Å². The van der Waals surface area contributed by atoms with Crippen molar-refractivity contribution in [2.45, 2.75) is 19.4 Å². The summed E-state index contributed by atoms with van der Waals surface area (Å²) in [5, 5.41) is 1.96. The van der Waals surface area contributed by atoms with Crippen molar-refractivity contribution in [3.05, 3.63) is 23.5 Å². The van der Waals surface area contributed by atoms with Crippen LogP contribution >= 0.6 is 11.3 Å². The number of hydrogen-bond acceptors (Lipinski definition) is 4. The summed E-state index contributed by atoms with van der Waals surface area (Å²) in [6.07, 6.45) is 4.12. The molecule has 14 heavy (non-hydrogen) atoms. The maximum atomic E-state index is 11.3. The van der Waals surface area contributed by atoms with Crippen LogP contribution in [0.1, 0.15) is 12.6 Å². The van der Waals surface area contributed by atoms with Crippen molar-refractivity contribution in [1.29, 1.82) is 0 Å². The second-order valence-electron chi connectivity index (χ2n) is 3.26. The summed E-state index contributed by atoms with van der Waals surface area (Å²) in [7, 11) is 0. The quantitative estimate of drug-likeness (QED) is 0.815. The van der Waals surface area contributed by atoms with E-state index >= 15 is 0 Å². The lowest BCUT2D eigenvalue weighted by molar-refractivity contribution is -0.119. The molecule has 0 aliphatic heterocycles. The van der Waals surface area contributed by atoms with Crippen molar-refractivity contribution in [3.63, 3.8) is 0 Å². The number of aromatic nitrogens is 2. The smallest absolute Gasteiger partial charge is 0.193 e. The third kappa shape index (κ3) is 1.69. The molecule has 0 spiro atoms. The third-order valence-corrected chi connectivity index (χ3v) is 2.78. The van der Waals surface area contributed by atoms with Gasteiger partial charge in [0, 0.05) is 17.8 Å². The standard InChI is InChI=1S/C9H11N3OS/c1-6(10)8(13)4-7-5-12-2-3-14-9(12)11-7/h2-3,5-6H,4,10H2,1H3. The average molecular weight is 209 g/mol. The molecule has 0 amide bonds. The van der Waals surface area contributed by atoms with Crippen molar-refractivity contribution >= 4 is 22.1 Å². The first-order chi connectivity index (χ1) is 6.66. The van der Waals surface area contributed by atoms with Crippen LogP contribution < -0.4 is 5.73 Å². The summed E-state index contributed by atoms with van der Waals surface area (Å²) in [4.78, 5) is 16.6. The maximum absolute atomic E-state index is 11.3. The predicted octanol–water partition coefficient (Wildman–Crippen LogP) is 0.855. The zero-order valence-electron chi connectivity index (χ0n) is 7.80. The van der Waals surface area contributed by atoms with Crippen molar-refractivity contribution < 1.29 is 4.79 Å². The number of imidazole rings is 1. The Labute approximate surface area is 85.4 Å². The van der Waals surface area contributed by atoms with Crippen LogP contribution in [0, 0.1) is 0 Å². The molecule has 0 radical (unpaired) electrons. The number of carbonyl (C=O) groups excluding carboxylic acids is 1. The Morgan fingerprint density at radius 2 is 2.57 bits per heavy atom. The lowest BCUT2D eigenvalue weighted by atomic mass is 10.1. The fourth-order valence-electron chi connectivity index (χ4n) is 1.20. The molecule has 1 atom stereocenters. The second kappa shape index (κ2) is 3.51. The first-order valence-electron chi connectivity index (χ1n) is 4.36. The lowest BCUT2D eigenvalue weighted by Gasteiger charge is -2.00. The number of carbonyl (C=O) groups is 1. The molecule has 0 aromatic carbocycles. The topological polar surface area (TPSA) is 60.4 Å². The molecule has 0 aliphatic carbocycles. The van der Waals surface area contributed by atoms with E-state index in [9.17, 15) is 4.79 Å². The van der Waals surface area contributed by atoms with Gasteiger partial charge >= 0.3 is 0 Å². The average Bonchev–Trinajstić information content (AvgIpc) is 2.63. The van der Waals surface area contributed by atoms with Crippen LogP contribution in [0.4, 0.5) is 0 Å². The summed E-state index contributed by atoms with van der Waals surface area (Å²) in [6, 6.07) is -0.408. The van der Waals surface area contributed by atoms with Crippen molar-refractivity contribution in [2.75, 3.05) is 0 Å². The number of thiazole rings is 1. The molecule has 2 aromatic rings. The number of ketones is 1. The van der Waals surface area contributed by atoms with Gasteiger partial charge in [0.15, 0.2) is 10.7 Å². The molecule has 2 heterocycles. The second-order valence-corrected chi connectivity index (χ2v) is 4.13. The SMILES string of the molecule is CC(N)C(=O)Cc1cn2ccsc2n1. The van der Waals surface area contributed by atoms with Gasteiger partial charge in [0.25, 0.3) is 0 Å². The third-order valence-electron chi connectivity index (χ3n) is 2.01. The van der Waals surface area contributed by atoms with Crippen LogP contribution in [0.5, 0.6) is 0 Å². The Bertz CT molecular complexity index is 429. The van der Waals surface area contributed by atoms with E-state index in [0.717, 1.165) is 10.7 Å². The van der Waals surface area contributed by atoms with E-state index in [1.807, 2.05) is 22.2 Å². The summed E-state index contributed by atoms with van der Waals surface area (Å²) >= 11 is 1.55. The highest BCUT2D eigenvalue weighted by atomic mass is 32.1. The molecule has 1 unspecified atom stereocenters. The Morgan fingerprint density at radius 3 is 3.21 bits per heavy atom. The maximum Gasteiger partial charge on any atom is 0.193 e. The molecule has 0 aliphatic rings. The Balaban J connectivity index is 2.19. The Morgan fingerprint density at radius 1 is 1.79 bits per heavy atom. The van der Waals surface area contributed by atoms with Gasteiger partial charge in [-0.2, -0.15) is 0 Å². The summed E-state index contributed by atoms with van der Waals surface area (Å²) in [5.74, 6) is 0.0238. The molecule has 74 valence electrons. The van der Waals surface area contributed by atoms with Crippen LogP contribution in [-0.2, 0) is 11.2 Å². The van der Waals surface area contributed by atoms with E-state index in [4.69, 9.17) is 5.73 Å². The lowest BCUT2D eigenvalue weighted by Crippen LogP contribution is -2.28. The fraction of sp³-hybridized carbons (Fsp3) is 0.333. The predicted molar refractivity (Wildman–Crippen MR) is 55.4 cm³/mol. The molecule has 0 saturated heterocycles. The largest absolute Gasteiger partial charge is 0.322 e. The minimum Gasteiger partial charge on any atom is -0.322 e. The van der Waals surface area contributed by atoms with E-state index in [1.165, 1.54) is 0 Å². The number of nitrogens with two attached hydrogens (primary N) is 1. The molecule has 0 saturated carbocycles. The number of rotatable bonds is 3. The molecule has 5 heteroatoms. The summed E-state index contributed by atoms with van der Waals surface area (Å²) < 4.78 is 1.91. The highest BCUT2D eigenvalue weighted by Gasteiger charge is 2.11. The Hall–Kier alpha value is -1.20. The van der Waals surface area contributed by atoms with Gasteiger partial charge in [0.2, 0.25) is 0 Å². The van der Waals surface area contributed by atoms with Gasteiger partial charge in [-0.3, -0.25) is 9.20 Å². The minimum atomic E-state index is -0.408. The van der Waals surface area contributed by atoms with Gasteiger partial charge in [0.1, 0.15) is 0 Å². The van der Waals surface area contributed by atoms with E-state index < -0.39 is 6.04 Å². The van der Waals surface area contributed by atoms with E-state index in [1.54, 1.807) is 18.3 Å². The first kappa shape index (κ1) is 9.36. The van der Waals surface area contributed by atoms with E-state index in [-0.39, 0.29) is 5.78 Å². The fourth-order valence-corrected chi connectivity index (χ4v) is 1.92. The molecule has 0 fully saturated rings. The van der Waals surface area contributed by atoms with Gasteiger partial charge in [-0.05, 0) is 6.92 Å². The van der Waals surface area contributed by atoms with Gasteiger partial charge in [-0.25, -0.2) is 4.98 Å². The number of fused-ring (bicyclic) bond motifs is 1. The van der Waals surface area contributed by atoms with Gasteiger partial charge in [-0.1, -0.05) is 0 Å². The zero-order valence-corrected chi connectivity index (χ0v) is 8.62. The van der Waals surface area contributed by atoms with Crippen molar-refractivity contribution in [1.82, 2.24) is 9.38 Å². The number of nitrogens with zero attached hydrogens (tertiary/aromatic N) is 2. The number of Topliss-reactive ketones (excluding diaryl/α,β-unsaturated/α-hetero) is 1. The molecule has 2 rings (SSSR count).